The number of oxazole rings is 2. The van der Waals surface area contributed by atoms with Gasteiger partial charge in [-0.15, -0.1) is 0 Å². The van der Waals surface area contributed by atoms with E-state index in [9.17, 15) is 72.4 Å². The van der Waals surface area contributed by atoms with E-state index in [2.05, 4.69) is 12.1 Å². The van der Waals surface area contributed by atoms with Gasteiger partial charge in [0.15, 0.2) is 11.2 Å². The first-order valence-corrected chi connectivity index (χ1v) is 34.4. The average Bonchev–Trinajstić information content (AvgIpc) is 1.52. The smallest absolute Gasteiger partial charge is 0.471 e. The lowest BCUT2D eigenvalue weighted by molar-refractivity contribution is -0.241. The van der Waals surface area contributed by atoms with Gasteiger partial charge in [-0.3, -0.25) is 14.3 Å². The van der Waals surface area contributed by atoms with Crippen molar-refractivity contribution in [2.75, 3.05) is 13.2 Å². The molecule has 2 N–H and O–H groups in total. The summed E-state index contributed by atoms with van der Waals surface area (Å²) in [5, 5.41) is 14.3. The third-order valence-corrected chi connectivity index (χ3v) is 19.0. The Morgan fingerprint density at radius 1 is 0.481 bits per heavy atom. The highest BCUT2D eigenvalue weighted by molar-refractivity contribution is 7.99. The Labute approximate surface area is 591 Å². The number of ether oxygens (including phenoxy) is 2. The first kappa shape index (κ1) is 72.3. The third kappa shape index (κ3) is 14.9. The van der Waals surface area contributed by atoms with Crippen molar-refractivity contribution in [1.82, 2.24) is 28.4 Å². The first-order valence-electron chi connectivity index (χ1n) is 32.1. The SMILES string of the molecule is N#C/C(c1nc2ccccc2o1)=c1\c2c(-c3ccc(OCCCCC(=O)NS(=O)(=O)C(F)(F)C(F)(F)F)cc3)n(B(c3ccccc3)c3ccccc3)/c(=C(/C#N)c3nc4ccccc4o3)c2c(-c2ccc(OCCCCC(=O)NSC(F)(F)C(F)(F)F)cc2)n1B(c1ccccc1)c1ccccc1. The van der Waals surface area contributed by atoms with Crippen LogP contribution in [0, 0.1) is 22.7 Å². The Morgan fingerprint density at radius 3 is 1.18 bits per heavy atom. The summed E-state index contributed by atoms with van der Waals surface area (Å²) in [5.41, 5.74) is 5.95. The molecule has 4 heterocycles. The summed E-state index contributed by atoms with van der Waals surface area (Å²) >= 11 is -1.03. The van der Waals surface area contributed by atoms with E-state index in [-0.39, 0.29) is 78.3 Å². The number of para-hydroxylation sites is 4. The Morgan fingerprint density at radius 2 is 0.837 bits per heavy atom. The number of fused-ring (bicyclic) bond motifs is 3. The summed E-state index contributed by atoms with van der Waals surface area (Å²) in [6.45, 7) is -1.94. The number of amides is 2. The molecule has 0 saturated carbocycles. The monoisotopic (exact) mass is 1460 g/mol. The summed E-state index contributed by atoms with van der Waals surface area (Å²) < 4.78 is 188. The van der Waals surface area contributed by atoms with E-state index in [0.29, 0.717) is 72.2 Å². The van der Waals surface area contributed by atoms with Crippen LogP contribution in [0.25, 0.3) is 66.6 Å². The molecule has 30 heteroatoms. The van der Waals surface area contributed by atoms with Crippen molar-refractivity contribution in [3.05, 3.63) is 241 Å². The van der Waals surface area contributed by atoms with Crippen molar-refractivity contribution in [3.8, 4) is 46.2 Å². The predicted octanol–water partition coefficient (Wildman–Crippen LogP) is 12.4. The van der Waals surface area contributed by atoms with Crippen LogP contribution in [0.4, 0.5) is 43.9 Å². The number of aromatic nitrogens is 4. The maximum absolute atomic E-state index is 13.8. The van der Waals surface area contributed by atoms with Gasteiger partial charge in [-0.2, -0.15) is 62.8 Å². The third-order valence-electron chi connectivity index (χ3n) is 16.8. The molecule has 0 atom stereocenters. The minimum Gasteiger partial charge on any atom is -0.494 e. The number of nitriles is 2. The van der Waals surface area contributed by atoms with Gasteiger partial charge >= 0.3 is 46.6 Å². The molecule has 8 aromatic carbocycles. The number of sulfonamides is 1. The maximum Gasteiger partial charge on any atom is 0.471 e. The second-order valence-corrected chi connectivity index (χ2v) is 26.3. The highest BCUT2D eigenvalue weighted by Crippen LogP contribution is 2.44. The molecule has 2 amide bonds. The summed E-state index contributed by atoms with van der Waals surface area (Å²) in [7, 11) is -6.49. The molecule has 0 aliphatic rings. The highest BCUT2D eigenvalue weighted by atomic mass is 32.2. The minimum absolute atomic E-state index is 0.0122. The van der Waals surface area contributed by atoms with Crippen molar-refractivity contribution in [3.63, 3.8) is 0 Å². The Balaban J connectivity index is 1.13. The first-order chi connectivity index (χ1) is 49.9. The van der Waals surface area contributed by atoms with E-state index in [4.69, 9.17) is 28.3 Å². The van der Waals surface area contributed by atoms with E-state index >= 15 is 0 Å². The van der Waals surface area contributed by atoms with Crippen molar-refractivity contribution in [2.45, 2.75) is 61.4 Å². The van der Waals surface area contributed by atoms with Crippen LogP contribution in [0.3, 0.4) is 0 Å². The van der Waals surface area contributed by atoms with Gasteiger partial charge < -0.3 is 27.3 Å². The number of unbranched alkanes of at least 4 members (excludes halogenated alkanes) is 2. The molecule has 0 unspecified atom stereocenters. The average molecular weight is 1460 g/mol. The molecule has 104 heavy (non-hydrogen) atoms. The Hall–Kier alpha value is -11.5. The van der Waals surface area contributed by atoms with Crippen LogP contribution in [-0.4, -0.2) is 88.9 Å². The van der Waals surface area contributed by atoms with E-state index in [1.165, 1.54) is 0 Å². The summed E-state index contributed by atoms with van der Waals surface area (Å²) in [6, 6.07) is 70.5. The molecule has 526 valence electrons. The van der Waals surface area contributed by atoms with Crippen LogP contribution in [0.15, 0.2) is 227 Å². The molecule has 0 bridgehead atoms. The molecule has 0 radical (unpaired) electrons. The number of nitrogens with one attached hydrogen (secondary N) is 2. The summed E-state index contributed by atoms with van der Waals surface area (Å²) in [4.78, 5) is 34.8. The van der Waals surface area contributed by atoms with Crippen LogP contribution in [0.1, 0.15) is 50.3 Å². The molecule has 0 aliphatic heterocycles. The van der Waals surface area contributed by atoms with Gasteiger partial charge in [0.2, 0.25) is 23.6 Å². The van der Waals surface area contributed by atoms with E-state index in [1.54, 1.807) is 102 Å². The largest absolute Gasteiger partial charge is 0.494 e. The number of hydrogen-bond donors (Lipinski definition) is 2. The Kier molecular flexibility index (Phi) is 21.0. The molecule has 0 aliphatic carbocycles. The predicted molar refractivity (Wildman–Crippen MR) is 374 cm³/mol. The maximum atomic E-state index is 13.8. The number of benzene rings is 8. The normalized spacial score (nSPS) is 12.7. The lowest BCUT2D eigenvalue weighted by atomic mass is 9.50. The fourth-order valence-electron chi connectivity index (χ4n) is 12.1. The fraction of sp³-hybridized carbons (Fsp3) is 0.162. The van der Waals surface area contributed by atoms with Crippen molar-refractivity contribution in [1.29, 1.82) is 10.5 Å². The molecule has 12 aromatic rings. The second-order valence-electron chi connectivity index (χ2n) is 23.6. The van der Waals surface area contributed by atoms with E-state index in [1.807, 2.05) is 130 Å². The molecule has 0 spiro atoms. The number of carbonyl (C=O) groups excluding carboxylic acids is 2. The molecule has 0 saturated heterocycles. The van der Waals surface area contributed by atoms with E-state index < -0.39 is 83.2 Å². The number of hydrogen-bond acceptors (Lipinski definition) is 13. The zero-order valence-corrected chi connectivity index (χ0v) is 55.8. The summed E-state index contributed by atoms with van der Waals surface area (Å²) in [6.07, 6.45) is -13.5. The van der Waals surface area contributed by atoms with Crippen LogP contribution < -0.4 is 51.5 Å². The van der Waals surface area contributed by atoms with Gasteiger partial charge in [-0.1, -0.05) is 167 Å². The standard InChI is InChI=1S/C74H54B2F10N8O8S2/c77-71(78,79)73(83,84)103-91-61(95)33-17-19-43-99-53-39-35-47(36-40-53)65-63-64(68(56(46-88)70-90-58-30-14-16-32-60(58)102-70)93(65)75(49-21-5-1-6-22-49)50-23-7-2-8-24-50)66(48-37-41-54(42-38-48)100-44-20-18-34-62(96)92-104(97,98)74(85,86)72(80,81)82)94(76(51-25-9-3-10-26-51)52-27-11-4-12-28-52)67(63)55(45-87)69-89-57-29-13-15-31-59(57)101-69/h1-16,21-32,35-42H,17-20,33-34,43-44H2,(H,91,95)(H,92,96)/b67-55-,68-56-. The van der Waals surface area contributed by atoms with Crippen molar-refractivity contribution in [2.24, 2.45) is 0 Å². The molecular formula is C74H54B2F10N8O8S2. The number of rotatable bonds is 26. The van der Waals surface area contributed by atoms with Crippen molar-refractivity contribution >= 4 is 113 Å². The molecule has 4 aromatic heterocycles. The van der Waals surface area contributed by atoms with Gasteiger partial charge in [0.1, 0.15) is 45.8 Å². The topological polar surface area (TPSA) is 220 Å². The molecule has 12 rings (SSSR count). The van der Waals surface area contributed by atoms with Crippen LogP contribution in [-0.2, 0) is 19.6 Å². The van der Waals surface area contributed by atoms with Gasteiger partial charge in [-0.05, 0) is 110 Å². The van der Waals surface area contributed by atoms with Crippen LogP contribution in [0.5, 0.6) is 11.5 Å². The zero-order valence-electron chi connectivity index (χ0n) is 54.1. The Bertz CT molecular complexity index is 5220. The van der Waals surface area contributed by atoms with Crippen LogP contribution >= 0.6 is 11.9 Å². The van der Waals surface area contributed by atoms with Crippen LogP contribution in [0.2, 0.25) is 0 Å². The van der Waals surface area contributed by atoms with Gasteiger partial charge in [0, 0.05) is 46.9 Å². The van der Waals surface area contributed by atoms with Gasteiger partial charge in [0.05, 0.1) is 23.9 Å². The highest BCUT2D eigenvalue weighted by Gasteiger charge is 2.68. The van der Waals surface area contributed by atoms with Gasteiger partial charge in [-0.25, -0.2) is 14.7 Å². The lowest BCUT2D eigenvalue weighted by Crippen LogP contribution is -2.54. The zero-order chi connectivity index (χ0) is 73.6. The molecule has 0 fully saturated rings. The minimum atomic E-state index is -6.50. The lowest BCUT2D eigenvalue weighted by Gasteiger charge is -2.24. The summed E-state index contributed by atoms with van der Waals surface area (Å²) in [5.74, 6) is -2.28. The number of nitrogens with zero attached hydrogens (tertiary/aromatic N) is 6. The van der Waals surface area contributed by atoms with Gasteiger partial charge in [0.25, 0.3) is 0 Å². The fourth-order valence-corrected chi connectivity index (χ4v) is 13.4. The van der Waals surface area contributed by atoms with Crippen molar-refractivity contribution < 1.29 is 80.2 Å². The quantitative estimate of drug-likeness (QED) is 0.0223. The number of carbonyl (C=O) groups is 2. The number of alkyl halides is 10. The number of halogens is 10. The van der Waals surface area contributed by atoms with E-state index in [0.717, 1.165) is 15.6 Å². The molecule has 16 nitrogen and oxygen atoms in total. The molecular weight excluding hydrogens is 1400 g/mol. The second kappa shape index (κ2) is 30.2.